The molecule has 1 fully saturated rings. The zero-order valence-corrected chi connectivity index (χ0v) is 18.1. The molecule has 1 aliphatic rings. The number of nitrogens with one attached hydrogen (secondary N) is 1. The lowest BCUT2D eigenvalue weighted by atomic mass is 10.1. The first-order chi connectivity index (χ1) is 15.4. The molecule has 1 aromatic heterocycles. The third-order valence-electron chi connectivity index (χ3n) is 5.19. The molecule has 0 bridgehead atoms. The molecule has 32 heavy (non-hydrogen) atoms. The Morgan fingerprint density at radius 2 is 2.00 bits per heavy atom. The molecule has 1 atom stereocenters. The Morgan fingerprint density at radius 1 is 1.25 bits per heavy atom. The van der Waals surface area contributed by atoms with Crippen LogP contribution in [0.1, 0.15) is 17.5 Å². The monoisotopic (exact) mass is 457 g/mol. The fourth-order valence-corrected chi connectivity index (χ4v) is 4.27. The van der Waals surface area contributed by atoms with Crippen molar-refractivity contribution in [3.63, 3.8) is 0 Å². The topological polar surface area (TPSA) is 71.5 Å². The Hall–Kier alpha value is -3.33. The van der Waals surface area contributed by atoms with E-state index in [0.717, 1.165) is 11.1 Å². The minimum atomic E-state index is -2.95. The first-order valence-electron chi connectivity index (χ1n) is 10.0. The number of ether oxygens (including phenoxy) is 1. The van der Waals surface area contributed by atoms with Gasteiger partial charge >= 0.3 is 6.61 Å². The van der Waals surface area contributed by atoms with E-state index in [1.165, 1.54) is 17.4 Å². The summed E-state index contributed by atoms with van der Waals surface area (Å²) in [7, 11) is 0. The summed E-state index contributed by atoms with van der Waals surface area (Å²) < 4.78 is 29.9. The maximum atomic E-state index is 12.7. The Labute approximate surface area is 187 Å². The predicted octanol–water partition coefficient (Wildman–Crippen LogP) is 4.71. The highest BCUT2D eigenvalue weighted by atomic mass is 32.1. The van der Waals surface area contributed by atoms with E-state index in [-0.39, 0.29) is 24.0 Å². The standard InChI is InChI=1S/C23H21F2N3O3S/c1-14-6-8-15(9-7-14)11-28-12-16(10-20(28)29)21(30)27-23-26-18(13-32-23)17-4-2-3-5-19(17)31-22(24)25/h2-9,13,16,22H,10-12H2,1H3,(H,26,27,30). The quantitative estimate of drug-likeness (QED) is 0.558. The Bertz CT molecular complexity index is 1120. The molecule has 2 amide bonds. The lowest BCUT2D eigenvalue weighted by Crippen LogP contribution is -2.28. The van der Waals surface area contributed by atoms with Gasteiger partial charge in [-0.15, -0.1) is 11.3 Å². The van der Waals surface area contributed by atoms with Crippen LogP contribution in [0.25, 0.3) is 11.3 Å². The highest BCUT2D eigenvalue weighted by Gasteiger charge is 2.34. The minimum Gasteiger partial charge on any atom is -0.434 e. The number of amides is 2. The van der Waals surface area contributed by atoms with Crippen molar-refractivity contribution in [3.8, 4) is 17.0 Å². The molecular weight excluding hydrogens is 436 g/mol. The molecule has 0 spiro atoms. The van der Waals surface area contributed by atoms with E-state index in [1.807, 2.05) is 31.2 Å². The normalized spacial score (nSPS) is 15.9. The van der Waals surface area contributed by atoms with Crippen LogP contribution in [0.3, 0.4) is 0 Å². The average molecular weight is 458 g/mol. The van der Waals surface area contributed by atoms with E-state index in [9.17, 15) is 18.4 Å². The molecule has 6 nitrogen and oxygen atoms in total. The van der Waals surface area contributed by atoms with Gasteiger partial charge in [-0.3, -0.25) is 9.59 Å². The summed E-state index contributed by atoms with van der Waals surface area (Å²) in [4.78, 5) is 31.1. The SMILES string of the molecule is Cc1ccc(CN2CC(C(=O)Nc3nc(-c4ccccc4OC(F)F)cs3)CC2=O)cc1. The smallest absolute Gasteiger partial charge is 0.387 e. The minimum absolute atomic E-state index is 0.0128. The number of hydrogen-bond donors (Lipinski definition) is 1. The fraction of sp³-hybridized carbons (Fsp3) is 0.261. The largest absolute Gasteiger partial charge is 0.434 e. The Balaban J connectivity index is 1.39. The molecule has 2 aromatic carbocycles. The second kappa shape index (κ2) is 9.44. The second-order valence-electron chi connectivity index (χ2n) is 7.56. The molecule has 9 heteroatoms. The number of para-hydroxylation sites is 1. The lowest BCUT2D eigenvalue weighted by Gasteiger charge is -2.16. The fourth-order valence-electron chi connectivity index (χ4n) is 3.55. The summed E-state index contributed by atoms with van der Waals surface area (Å²) in [6.07, 6.45) is 0.140. The van der Waals surface area contributed by atoms with Crippen molar-refractivity contribution in [2.24, 2.45) is 5.92 Å². The zero-order chi connectivity index (χ0) is 22.7. The van der Waals surface area contributed by atoms with Gasteiger partial charge in [-0.1, -0.05) is 42.0 Å². The molecule has 1 aliphatic heterocycles. The number of anilines is 1. The summed E-state index contributed by atoms with van der Waals surface area (Å²) in [6.45, 7) is -0.149. The van der Waals surface area contributed by atoms with Gasteiger partial charge in [-0.25, -0.2) is 4.98 Å². The van der Waals surface area contributed by atoms with Gasteiger partial charge in [0.2, 0.25) is 11.8 Å². The Kier molecular flexibility index (Phi) is 6.45. The molecule has 166 valence electrons. The van der Waals surface area contributed by atoms with Crippen LogP contribution in [0, 0.1) is 12.8 Å². The maximum Gasteiger partial charge on any atom is 0.387 e. The average Bonchev–Trinajstić information content (AvgIpc) is 3.36. The van der Waals surface area contributed by atoms with Crippen molar-refractivity contribution in [1.29, 1.82) is 0 Å². The molecule has 0 aliphatic carbocycles. The third-order valence-corrected chi connectivity index (χ3v) is 5.95. The number of benzene rings is 2. The second-order valence-corrected chi connectivity index (χ2v) is 8.42. The van der Waals surface area contributed by atoms with Crippen LogP contribution >= 0.6 is 11.3 Å². The van der Waals surface area contributed by atoms with Gasteiger partial charge in [0.15, 0.2) is 5.13 Å². The highest BCUT2D eigenvalue weighted by molar-refractivity contribution is 7.14. The number of halogens is 2. The number of carbonyl (C=O) groups is 2. The van der Waals surface area contributed by atoms with E-state index in [2.05, 4.69) is 15.0 Å². The van der Waals surface area contributed by atoms with Gasteiger partial charge in [0.05, 0.1) is 11.6 Å². The summed E-state index contributed by atoms with van der Waals surface area (Å²) in [5.74, 6) is -0.819. The first-order valence-corrected chi connectivity index (χ1v) is 10.9. The molecule has 4 rings (SSSR count). The van der Waals surface area contributed by atoms with E-state index < -0.39 is 12.5 Å². The van der Waals surface area contributed by atoms with Gasteiger partial charge in [0, 0.05) is 30.5 Å². The lowest BCUT2D eigenvalue weighted by molar-refractivity contribution is -0.128. The zero-order valence-electron chi connectivity index (χ0n) is 17.3. The molecule has 2 heterocycles. The number of rotatable bonds is 7. The summed E-state index contributed by atoms with van der Waals surface area (Å²) >= 11 is 1.18. The number of nitrogens with zero attached hydrogens (tertiary/aromatic N) is 2. The molecule has 3 aromatic rings. The number of hydrogen-bond acceptors (Lipinski definition) is 5. The van der Waals surface area contributed by atoms with Gasteiger partial charge in [0.1, 0.15) is 5.75 Å². The van der Waals surface area contributed by atoms with Crippen LogP contribution in [0.2, 0.25) is 0 Å². The van der Waals surface area contributed by atoms with Crippen LogP contribution in [-0.2, 0) is 16.1 Å². The van der Waals surface area contributed by atoms with Crippen molar-refractivity contribution < 1.29 is 23.1 Å². The number of thiazole rings is 1. The summed E-state index contributed by atoms with van der Waals surface area (Å²) in [5, 5.41) is 4.74. The van der Waals surface area contributed by atoms with Gasteiger partial charge in [-0.2, -0.15) is 8.78 Å². The third kappa shape index (κ3) is 5.11. The number of aromatic nitrogens is 1. The number of alkyl halides is 2. The van der Waals surface area contributed by atoms with Crippen LogP contribution in [-0.4, -0.2) is 34.9 Å². The van der Waals surface area contributed by atoms with E-state index in [1.54, 1.807) is 28.5 Å². The van der Waals surface area contributed by atoms with Crippen molar-refractivity contribution in [3.05, 3.63) is 65.0 Å². The number of likely N-dealkylation sites (tertiary alicyclic amines) is 1. The first kappa shape index (κ1) is 21.9. The van der Waals surface area contributed by atoms with Gasteiger partial charge in [-0.05, 0) is 24.6 Å². The van der Waals surface area contributed by atoms with E-state index >= 15 is 0 Å². The molecule has 0 radical (unpaired) electrons. The Morgan fingerprint density at radius 3 is 2.75 bits per heavy atom. The van der Waals surface area contributed by atoms with Gasteiger partial charge < -0.3 is 15.0 Å². The number of aryl methyl sites for hydroxylation is 1. The molecule has 1 N–H and O–H groups in total. The van der Waals surface area contributed by atoms with Gasteiger partial charge in [0.25, 0.3) is 0 Å². The van der Waals surface area contributed by atoms with E-state index in [0.29, 0.717) is 29.5 Å². The van der Waals surface area contributed by atoms with Crippen molar-refractivity contribution in [1.82, 2.24) is 9.88 Å². The van der Waals surface area contributed by atoms with E-state index in [4.69, 9.17) is 0 Å². The number of carbonyl (C=O) groups excluding carboxylic acids is 2. The van der Waals surface area contributed by atoms with Crippen LogP contribution < -0.4 is 10.1 Å². The molecule has 0 saturated carbocycles. The maximum absolute atomic E-state index is 12.7. The van der Waals surface area contributed by atoms with Crippen molar-refractivity contribution in [2.45, 2.75) is 26.5 Å². The molecular formula is C23H21F2N3O3S. The predicted molar refractivity (Wildman–Crippen MR) is 118 cm³/mol. The van der Waals surface area contributed by atoms with Crippen molar-refractivity contribution in [2.75, 3.05) is 11.9 Å². The van der Waals surface area contributed by atoms with Crippen molar-refractivity contribution >= 4 is 28.3 Å². The molecule has 1 unspecified atom stereocenters. The summed E-state index contributed by atoms with van der Waals surface area (Å²) in [5.41, 5.74) is 2.99. The summed E-state index contributed by atoms with van der Waals surface area (Å²) in [6, 6.07) is 14.3. The highest BCUT2D eigenvalue weighted by Crippen LogP contribution is 2.33. The van der Waals surface area contributed by atoms with Crippen LogP contribution in [0.15, 0.2) is 53.9 Å². The van der Waals surface area contributed by atoms with Crippen LogP contribution in [0.5, 0.6) is 5.75 Å². The van der Waals surface area contributed by atoms with Crippen LogP contribution in [0.4, 0.5) is 13.9 Å². The molecule has 1 saturated heterocycles.